The van der Waals surface area contributed by atoms with Gasteiger partial charge in [0, 0.05) is 23.1 Å². The molecule has 202 valence electrons. The molecule has 4 rings (SSSR count). The molecule has 0 bridgehead atoms. The summed E-state index contributed by atoms with van der Waals surface area (Å²) in [5, 5.41) is 24.4. The van der Waals surface area contributed by atoms with Gasteiger partial charge in [-0.1, -0.05) is 0 Å². The van der Waals surface area contributed by atoms with Gasteiger partial charge in [-0.3, -0.25) is 4.79 Å². The Morgan fingerprint density at radius 3 is 2.50 bits per heavy atom. The highest BCUT2D eigenvalue weighted by Gasteiger charge is 2.36. The minimum atomic E-state index is -1.38. The molecule has 3 atom stereocenters. The van der Waals surface area contributed by atoms with Gasteiger partial charge in [0.1, 0.15) is 18.0 Å². The molecular weight excluding hydrogens is 487 g/mol. The van der Waals surface area contributed by atoms with E-state index < -0.39 is 11.7 Å². The number of aliphatic hydroxyl groups is 2. The molecule has 1 unspecified atom stereocenters. The smallest absolute Gasteiger partial charge is 0.163 e. The van der Waals surface area contributed by atoms with Gasteiger partial charge in [0.05, 0.1) is 24.6 Å². The fourth-order valence-corrected chi connectivity index (χ4v) is 4.44. The molecule has 7 nitrogen and oxygen atoms in total. The van der Waals surface area contributed by atoms with Gasteiger partial charge >= 0.3 is 0 Å². The Balaban J connectivity index is 1.56. The van der Waals surface area contributed by atoms with E-state index in [1.807, 2.05) is 12.1 Å². The molecule has 1 aromatic heterocycles. The van der Waals surface area contributed by atoms with Gasteiger partial charge < -0.3 is 25.0 Å². The van der Waals surface area contributed by atoms with E-state index >= 15 is 0 Å². The standard InChI is InChI=1S/C30H35FN2O5/c1-19(34)18-38-26-10-7-21(15-27(26)37-4)25(35)11-12-30(3,36)28-17-22(29(2)13-14-32-29)16-24(33-28)20-5-8-23(31)9-6-20/h5-10,15-17,19,32,34,36H,11-14,18H2,1-4H3/t19-,29?,30-/m1/s1. The maximum atomic E-state index is 13.5. The fourth-order valence-electron chi connectivity index (χ4n) is 4.44. The van der Waals surface area contributed by atoms with Crippen molar-refractivity contribution in [3.05, 3.63) is 77.2 Å². The molecule has 1 fully saturated rings. The molecule has 0 aliphatic carbocycles. The van der Waals surface area contributed by atoms with Crippen molar-refractivity contribution < 1.29 is 28.9 Å². The van der Waals surface area contributed by atoms with Crippen molar-refractivity contribution in [2.45, 2.75) is 57.3 Å². The number of nitrogens with zero attached hydrogens (tertiary/aromatic N) is 1. The van der Waals surface area contributed by atoms with Crippen LogP contribution in [0.25, 0.3) is 11.3 Å². The van der Waals surface area contributed by atoms with Crippen LogP contribution in [0.15, 0.2) is 54.6 Å². The molecule has 2 aromatic carbocycles. The summed E-state index contributed by atoms with van der Waals surface area (Å²) in [5.41, 5.74) is 1.62. The van der Waals surface area contributed by atoms with Crippen molar-refractivity contribution in [3.63, 3.8) is 0 Å². The van der Waals surface area contributed by atoms with E-state index in [2.05, 4.69) is 12.2 Å². The Morgan fingerprint density at radius 2 is 1.89 bits per heavy atom. The first kappa shape index (κ1) is 27.7. The molecule has 3 N–H and O–H groups in total. The third kappa shape index (κ3) is 6.20. The minimum Gasteiger partial charge on any atom is -0.493 e. The average molecular weight is 523 g/mol. The zero-order chi connectivity index (χ0) is 27.5. The number of benzene rings is 2. The van der Waals surface area contributed by atoms with Crippen molar-refractivity contribution in [2.75, 3.05) is 20.3 Å². The van der Waals surface area contributed by atoms with Crippen LogP contribution in [0.1, 0.15) is 61.6 Å². The predicted octanol–water partition coefficient (Wildman–Crippen LogP) is 4.74. The topological polar surface area (TPSA) is 101 Å². The molecule has 0 amide bonds. The number of ether oxygens (including phenoxy) is 2. The number of ketones is 1. The molecule has 8 heteroatoms. The number of pyridine rings is 1. The Bertz CT molecular complexity index is 1290. The highest BCUT2D eigenvalue weighted by atomic mass is 19.1. The van der Waals surface area contributed by atoms with Crippen molar-refractivity contribution in [3.8, 4) is 22.8 Å². The number of hydrogen-bond acceptors (Lipinski definition) is 7. The van der Waals surface area contributed by atoms with Crippen molar-refractivity contribution >= 4 is 5.78 Å². The summed E-state index contributed by atoms with van der Waals surface area (Å²) in [7, 11) is 1.48. The van der Waals surface area contributed by atoms with Crippen molar-refractivity contribution in [1.82, 2.24) is 10.3 Å². The zero-order valence-electron chi connectivity index (χ0n) is 22.3. The van der Waals surface area contributed by atoms with Gasteiger partial charge in [0.25, 0.3) is 0 Å². The molecule has 2 heterocycles. The maximum Gasteiger partial charge on any atom is 0.163 e. The third-order valence-corrected chi connectivity index (χ3v) is 7.10. The van der Waals surface area contributed by atoms with Crippen LogP contribution in [0.4, 0.5) is 4.39 Å². The molecule has 1 aliphatic heterocycles. The van der Waals surface area contributed by atoms with Crippen LogP contribution >= 0.6 is 0 Å². The summed E-state index contributed by atoms with van der Waals surface area (Å²) in [6.07, 6.45) is 0.537. The number of aromatic nitrogens is 1. The van der Waals surface area contributed by atoms with Crippen LogP contribution < -0.4 is 14.8 Å². The molecule has 1 aliphatic rings. The van der Waals surface area contributed by atoms with Crippen LogP contribution in [0.3, 0.4) is 0 Å². The number of methoxy groups -OCH3 is 1. The van der Waals surface area contributed by atoms with Crippen LogP contribution in [0.2, 0.25) is 0 Å². The lowest BCUT2D eigenvalue weighted by Gasteiger charge is -2.41. The van der Waals surface area contributed by atoms with Crippen LogP contribution in [0, 0.1) is 5.82 Å². The van der Waals surface area contributed by atoms with Crippen LogP contribution in [0.5, 0.6) is 11.5 Å². The maximum absolute atomic E-state index is 13.5. The average Bonchev–Trinajstić information content (AvgIpc) is 2.89. The number of Topliss-reactive ketones (excluding diaryl/α,β-unsaturated/α-hetero) is 1. The highest BCUT2D eigenvalue weighted by molar-refractivity contribution is 5.96. The molecule has 0 spiro atoms. The number of nitrogens with one attached hydrogen (secondary N) is 1. The number of carbonyl (C=O) groups is 1. The quantitative estimate of drug-likeness (QED) is 0.313. The second-order valence-electron chi connectivity index (χ2n) is 10.4. The number of hydrogen-bond donors (Lipinski definition) is 3. The Labute approximate surface area is 222 Å². The molecule has 1 saturated heterocycles. The van der Waals surface area contributed by atoms with Gasteiger partial charge in [-0.25, -0.2) is 9.37 Å². The van der Waals surface area contributed by atoms with Gasteiger partial charge in [-0.05, 0) is 100 Å². The summed E-state index contributed by atoms with van der Waals surface area (Å²) in [6.45, 7) is 6.38. The van der Waals surface area contributed by atoms with Gasteiger partial charge in [-0.2, -0.15) is 0 Å². The number of carbonyl (C=O) groups excluding carboxylic acids is 1. The summed E-state index contributed by atoms with van der Waals surface area (Å²) in [4.78, 5) is 17.8. The number of aliphatic hydroxyl groups excluding tert-OH is 1. The van der Waals surface area contributed by atoms with E-state index in [4.69, 9.17) is 14.5 Å². The zero-order valence-corrected chi connectivity index (χ0v) is 22.3. The van der Waals surface area contributed by atoms with Gasteiger partial charge in [0.15, 0.2) is 17.3 Å². The monoisotopic (exact) mass is 522 g/mol. The normalized spacial score (nSPS) is 19.2. The summed E-state index contributed by atoms with van der Waals surface area (Å²) in [6, 6.07) is 14.9. The second kappa shape index (κ2) is 11.2. The lowest BCUT2D eigenvalue weighted by molar-refractivity contribution is 0.0395. The SMILES string of the molecule is COc1cc(C(=O)CC[C@@](C)(O)c2cc(C3(C)CCN3)cc(-c3ccc(F)cc3)n2)ccc1OC[C@@H](C)O. The van der Waals surface area contributed by atoms with E-state index in [0.29, 0.717) is 28.5 Å². The Morgan fingerprint density at radius 1 is 1.18 bits per heavy atom. The van der Waals surface area contributed by atoms with E-state index in [1.165, 1.54) is 19.2 Å². The highest BCUT2D eigenvalue weighted by Crippen LogP contribution is 2.36. The third-order valence-electron chi connectivity index (χ3n) is 7.10. The van der Waals surface area contributed by atoms with E-state index in [0.717, 1.165) is 24.1 Å². The lowest BCUT2D eigenvalue weighted by atomic mass is 9.81. The van der Waals surface area contributed by atoms with Crippen LogP contribution in [-0.4, -0.2) is 47.3 Å². The van der Waals surface area contributed by atoms with E-state index in [-0.39, 0.29) is 36.6 Å². The minimum absolute atomic E-state index is 0.0807. The largest absolute Gasteiger partial charge is 0.493 e. The van der Waals surface area contributed by atoms with E-state index in [1.54, 1.807) is 44.2 Å². The van der Waals surface area contributed by atoms with Gasteiger partial charge in [0.2, 0.25) is 0 Å². The lowest BCUT2D eigenvalue weighted by Crippen LogP contribution is -2.51. The molecule has 0 radical (unpaired) electrons. The van der Waals surface area contributed by atoms with E-state index in [9.17, 15) is 19.4 Å². The van der Waals surface area contributed by atoms with Crippen molar-refractivity contribution in [1.29, 1.82) is 0 Å². The second-order valence-corrected chi connectivity index (χ2v) is 10.4. The van der Waals surface area contributed by atoms with Gasteiger partial charge in [-0.15, -0.1) is 0 Å². The summed E-state index contributed by atoms with van der Waals surface area (Å²) >= 11 is 0. The first-order valence-electron chi connectivity index (χ1n) is 12.8. The number of rotatable bonds is 11. The molecule has 3 aromatic rings. The Hall–Kier alpha value is -3.33. The van der Waals surface area contributed by atoms with Crippen molar-refractivity contribution in [2.24, 2.45) is 0 Å². The predicted molar refractivity (Wildman–Crippen MR) is 143 cm³/mol. The molecule has 0 saturated carbocycles. The summed E-state index contributed by atoms with van der Waals surface area (Å²) < 4.78 is 24.4. The van der Waals surface area contributed by atoms with Crippen LogP contribution in [-0.2, 0) is 11.1 Å². The Kier molecular flexibility index (Phi) is 8.16. The first-order chi connectivity index (χ1) is 18.0. The first-order valence-corrected chi connectivity index (χ1v) is 12.8. The molecule has 38 heavy (non-hydrogen) atoms. The molecular formula is C30H35FN2O5. The fraction of sp³-hybridized carbons (Fsp3) is 0.400. The summed E-state index contributed by atoms with van der Waals surface area (Å²) in [5.74, 6) is 0.336. The number of halogens is 1.